The average Bonchev–Trinajstić information content (AvgIpc) is 3.05. The van der Waals surface area contributed by atoms with Gasteiger partial charge in [0.15, 0.2) is 0 Å². The van der Waals surface area contributed by atoms with Crippen molar-refractivity contribution in [2.45, 2.75) is 45.7 Å². The van der Waals surface area contributed by atoms with Crippen LogP contribution in [0.5, 0.6) is 0 Å². The molecule has 0 aliphatic carbocycles. The fourth-order valence-corrected chi connectivity index (χ4v) is 2.82. The Morgan fingerprint density at radius 1 is 1.46 bits per heavy atom. The van der Waals surface area contributed by atoms with Gasteiger partial charge in [-0.1, -0.05) is 13.8 Å². The summed E-state index contributed by atoms with van der Waals surface area (Å²) in [6.45, 7) is 8.06. The molecule has 7 nitrogen and oxygen atoms in total. The van der Waals surface area contributed by atoms with Crippen LogP contribution in [0.25, 0.3) is 0 Å². The van der Waals surface area contributed by atoms with Crippen LogP contribution in [0.1, 0.15) is 33.1 Å². The van der Waals surface area contributed by atoms with Crippen molar-refractivity contribution in [1.82, 2.24) is 25.3 Å². The SMILES string of the molecule is CC(C)CCN1CCNC(=O)[C@@H]1CC(=O)NCCCn1cccn1. The van der Waals surface area contributed by atoms with Crippen molar-refractivity contribution in [1.29, 1.82) is 0 Å². The van der Waals surface area contributed by atoms with Crippen molar-refractivity contribution >= 4 is 11.8 Å². The van der Waals surface area contributed by atoms with Gasteiger partial charge >= 0.3 is 0 Å². The molecule has 2 rings (SSSR count). The van der Waals surface area contributed by atoms with Crippen LogP contribution in [-0.4, -0.2) is 58.7 Å². The van der Waals surface area contributed by atoms with E-state index in [1.165, 1.54) is 0 Å². The molecule has 0 unspecified atom stereocenters. The molecule has 1 saturated heterocycles. The molecule has 1 fully saturated rings. The van der Waals surface area contributed by atoms with Crippen LogP contribution in [0.15, 0.2) is 18.5 Å². The maximum Gasteiger partial charge on any atom is 0.237 e. The summed E-state index contributed by atoms with van der Waals surface area (Å²) in [7, 11) is 0. The number of carbonyl (C=O) groups is 2. The van der Waals surface area contributed by atoms with Crippen LogP contribution >= 0.6 is 0 Å². The zero-order chi connectivity index (χ0) is 17.4. The van der Waals surface area contributed by atoms with Crippen LogP contribution in [-0.2, 0) is 16.1 Å². The summed E-state index contributed by atoms with van der Waals surface area (Å²) in [5.41, 5.74) is 0. The summed E-state index contributed by atoms with van der Waals surface area (Å²) in [4.78, 5) is 26.4. The zero-order valence-electron chi connectivity index (χ0n) is 14.7. The highest BCUT2D eigenvalue weighted by molar-refractivity contribution is 5.88. The summed E-state index contributed by atoms with van der Waals surface area (Å²) < 4.78 is 1.84. The molecule has 0 bridgehead atoms. The number of piperazine rings is 1. The molecule has 2 amide bonds. The molecule has 1 aromatic heterocycles. The molecule has 7 heteroatoms. The minimum absolute atomic E-state index is 0.0308. The van der Waals surface area contributed by atoms with Gasteiger partial charge in [-0.25, -0.2) is 0 Å². The molecule has 24 heavy (non-hydrogen) atoms. The van der Waals surface area contributed by atoms with E-state index >= 15 is 0 Å². The standard InChI is InChI=1S/C17H29N5O2/c1-14(2)5-11-21-12-8-19-17(24)15(21)13-16(23)18-6-3-9-22-10-4-7-20-22/h4,7,10,14-15H,3,5-6,8-9,11-13H2,1-2H3,(H,18,23)(H,19,24)/t15-/m0/s1. The first-order chi connectivity index (χ1) is 11.6. The van der Waals surface area contributed by atoms with Crippen molar-refractivity contribution in [3.05, 3.63) is 18.5 Å². The van der Waals surface area contributed by atoms with E-state index in [9.17, 15) is 9.59 Å². The van der Waals surface area contributed by atoms with Gasteiger partial charge in [-0.05, 0) is 31.4 Å². The number of hydrogen-bond acceptors (Lipinski definition) is 4. The average molecular weight is 335 g/mol. The number of rotatable bonds is 9. The molecule has 2 heterocycles. The molecule has 1 atom stereocenters. The lowest BCUT2D eigenvalue weighted by atomic mass is 10.1. The maximum absolute atomic E-state index is 12.2. The Hall–Kier alpha value is -1.89. The van der Waals surface area contributed by atoms with Gasteiger partial charge in [-0.2, -0.15) is 5.10 Å². The maximum atomic E-state index is 12.2. The van der Waals surface area contributed by atoms with Crippen molar-refractivity contribution in [3.8, 4) is 0 Å². The second-order valence-corrected chi connectivity index (χ2v) is 6.70. The Morgan fingerprint density at radius 3 is 3.00 bits per heavy atom. The number of hydrogen-bond donors (Lipinski definition) is 2. The minimum Gasteiger partial charge on any atom is -0.356 e. The van der Waals surface area contributed by atoms with Crippen LogP contribution in [0, 0.1) is 5.92 Å². The van der Waals surface area contributed by atoms with Gasteiger partial charge in [0.05, 0.1) is 12.5 Å². The fourth-order valence-electron chi connectivity index (χ4n) is 2.82. The van der Waals surface area contributed by atoms with Gasteiger partial charge in [-0.3, -0.25) is 19.2 Å². The molecule has 2 N–H and O–H groups in total. The quantitative estimate of drug-likeness (QED) is 0.649. The largest absolute Gasteiger partial charge is 0.356 e. The Labute approximate surface area is 143 Å². The first kappa shape index (κ1) is 18.4. The number of carbonyl (C=O) groups excluding carboxylic acids is 2. The third-order valence-electron chi connectivity index (χ3n) is 4.26. The molecule has 134 valence electrons. The first-order valence-electron chi connectivity index (χ1n) is 8.82. The highest BCUT2D eigenvalue weighted by atomic mass is 16.2. The van der Waals surface area contributed by atoms with Crippen LogP contribution in [0.3, 0.4) is 0 Å². The normalized spacial score (nSPS) is 18.6. The second-order valence-electron chi connectivity index (χ2n) is 6.70. The Kier molecular flexibility index (Phi) is 7.24. The molecular formula is C17H29N5O2. The highest BCUT2D eigenvalue weighted by Crippen LogP contribution is 2.12. The fraction of sp³-hybridized carbons (Fsp3) is 0.706. The van der Waals surface area contributed by atoms with E-state index in [-0.39, 0.29) is 24.3 Å². The van der Waals surface area contributed by atoms with E-state index in [1.54, 1.807) is 6.20 Å². The lowest BCUT2D eigenvalue weighted by Gasteiger charge is -2.35. The summed E-state index contributed by atoms with van der Waals surface area (Å²) in [6, 6.07) is 1.54. The van der Waals surface area contributed by atoms with E-state index in [0.29, 0.717) is 19.0 Å². The Balaban J connectivity index is 1.73. The van der Waals surface area contributed by atoms with Gasteiger partial charge in [-0.15, -0.1) is 0 Å². The molecule has 0 spiro atoms. The number of nitrogens with one attached hydrogen (secondary N) is 2. The van der Waals surface area contributed by atoms with E-state index in [2.05, 4.69) is 34.5 Å². The molecule has 1 aliphatic heterocycles. The summed E-state index contributed by atoms with van der Waals surface area (Å²) in [6.07, 6.45) is 5.73. The molecule has 0 aromatic carbocycles. The number of aryl methyl sites for hydroxylation is 1. The van der Waals surface area contributed by atoms with Crippen molar-refractivity contribution in [2.24, 2.45) is 5.92 Å². The predicted molar refractivity (Wildman–Crippen MR) is 92.3 cm³/mol. The first-order valence-corrected chi connectivity index (χ1v) is 8.82. The van der Waals surface area contributed by atoms with Gasteiger partial charge in [0.25, 0.3) is 0 Å². The molecule has 1 aromatic rings. The van der Waals surface area contributed by atoms with E-state index in [1.807, 2.05) is 16.9 Å². The predicted octanol–water partition coefficient (Wildman–Crippen LogP) is 0.626. The van der Waals surface area contributed by atoms with E-state index < -0.39 is 0 Å². The minimum atomic E-state index is -0.344. The summed E-state index contributed by atoms with van der Waals surface area (Å²) in [5.74, 6) is 0.496. The van der Waals surface area contributed by atoms with E-state index in [4.69, 9.17) is 0 Å². The van der Waals surface area contributed by atoms with E-state index in [0.717, 1.165) is 32.5 Å². The third-order valence-corrected chi connectivity index (χ3v) is 4.26. The molecular weight excluding hydrogens is 306 g/mol. The highest BCUT2D eigenvalue weighted by Gasteiger charge is 2.31. The topological polar surface area (TPSA) is 79.3 Å². The molecule has 1 aliphatic rings. The zero-order valence-corrected chi connectivity index (χ0v) is 14.7. The summed E-state index contributed by atoms with van der Waals surface area (Å²) in [5, 5.41) is 9.91. The van der Waals surface area contributed by atoms with Gasteiger partial charge in [0, 0.05) is 38.6 Å². The van der Waals surface area contributed by atoms with Gasteiger partial charge < -0.3 is 10.6 Å². The summed E-state index contributed by atoms with van der Waals surface area (Å²) >= 11 is 0. The third kappa shape index (κ3) is 5.96. The van der Waals surface area contributed by atoms with Crippen LogP contribution in [0.2, 0.25) is 0 Å². The van der Waals surface area contributed by atoms with Crippen molar-refractivity contribution in [3.63, 3.8) is 0 Å². The smallest absolute Gasteiger partial charge is 0.237 e. The van der Waals surface area contributed by atoms with Crippen molar-refractivity contribution < 1.29 is 9.59 Å². The molecule has 0 saturated carbocycles. The Morgan fingerprint density at radius 2 is 2.29 bits per heavy atom. The van der Waals surface area contributed by atoms with Crippen LogP contribution < -0.4 is 10.6 Å². The second kappa shape index (κ2) is 9.42. The Bertz CT molecular complexity index is 515. The lowest BCUT2D eigenvalue weighted by Crippen LogP contribution is -2.56. The number of nitrogens with zero attached hydrogens (tertiary/aromatic N) is 3. The number of aromatic nitrogens is 2. The van der Waals surface area contributed by atoms with Gasteiger partial charge in [0.1, 0.15) is 0 Å². The van der Waals surface area contributed by atoms with Crippen molar-refractivity contribution in [2.75, 3.05) is 26.2 Å². The number of amides is 2. The molecule has 0 radical (unpaired) electrons. The van der Waals surface area contributed by atoms with Crippen LogP contribution in [0.4, 0.5) is 0 Å². The van der Waals surface area contributed by atoms with Gasteiger partial charge in [0.2, 0.25) is 11.8 Å². The lowest BCUT2D eigenvalue weighted by molar-refractivity contribution is -0.134. The monoisotopic (exact) mass is 335 g/mol.